The van der Waals surface area contributed by atoms with Gasteiger partial charge in [0.05, 0.1) is 23.1 Å². The van der Waals surface area contributed by atoms with Crippen molar-refractivity contribution in [3.8, 4) is 5.75 Å². The number of rotatable bonds is 10. The Morgan fingerprint density at radius 3 is 2.63 bits per heavy atom. The minimum absolute atomic E-state index is 0.118. The summed E-state index contributed by atoms with van der Waals surface area (Å²) < 4.78 is 0. The maximum absolute atomic E-state index is 12.6. The zero-order valence-electron chi connectivity index (χ0n) is 18.3. The molecule has 0 unspecified atom stereocenters. The van der Waals surface area contributed by atoms with Crippen LogP contribution in [0.1, 0.15) is 10.4 Å². The average Bonchev–Trinajstić information content (AvgIpc) is 2.86. The van der Waals surface area contributed by atoms with Gasteiger partial charge >= 0.3 is 0 Å². The number of amides is 2. The molecule has 3 rings (SSSR count). The monoisotopic (exact) mass is 495 g/mol. The Hall–Kier alpha value is -4.48. The molecule has 11 nitrogen and oxygen atoms in total. The molecule has 7 N–H and O–H groups in total. The fourth-order valence-electron chi connectivity index (χ4n) is 2.85. The van der Waals surface area contributed by atoms with E-state index in [4.69, 9.17) is 17.3 Å². The third-order valence-corrected chi connectivity index (χ3v) is 4.78. The van der Waals surface area contributed by atoms with Gasteiger partial charge in [0.2, 0.25) is 11.9 Å². The summed E-state index contributed by atoms with van der Waals surface area (Å²) in [7, 11) is 0. The van der Waals surface area contributed by atoms with E-state index in [1.807, 2.05) is 0 Å². The number of nitrogens with two attached hydrogens (primary N) is 1. The molecule has 0 aliphatic heterocycles. The highest BCUT2D eigenvalue weighted by Crippen LogP contribution is 2.30. The van der Waals surface area contributed by atoms with Gasteiger partial charge in [0.25, 0.3) is 11.7 Å². The van der Waals surface area contributed by atoms with Gasteiger partial charge in [0, 0.05) is 18.8 Å². The summed E-state index contributed by atoms with van der Waals surface area (Å²) in [6, 6.07) is 10.8. The van der Waals surface area contributed by atoms with Crippen molar-refractivity contribution in [3.63, 3.8) is 0 Å². The molecular formula is C23H22ClN7O4. The first-order valence-corrected chi connectivity index (χ1v) is 10.6. The molecule has 0 radical (unpaired) electrons. The van der Waals surface area contributed by atoms with E-state index in [0.717, 1.165) is 6.08 Å². The Morgan fingerprint density at radius 1 is 1.11 bits per heavy atom. The van der Waals surface area contributed by atoms with Crippen molar-refractivity contribution in [2.45, 2.75) is 0 Å². The zero-order valence-corrected chi connectivity index (χ0v) is 19.1. The van der Waals surface area contributed by atoms with Crippen LogP contribution in [0.3, 0.4) is 0 Å². The van der Waals surface area contributed by atoms with Crippen LogP contribution in [0, 0.1) is 0 Å². The number of carbonyl (C=O) groups excluding carboxylic acids is 3. The summed E-state index contributed by atoms with van der Waals surface area (Å²) in [5.74, 6) is -1.85. The molecule has 0 atom stereocenters. The predicted octanol–water partition coefficient (Wildman–Crippen LogP) is 2.70. The molecule has 0 saturated heterocycles. The van der Waals surface area contributed by atoms with Crippen LogP contribution in [0.15, 0.2) is 61.3 Å². The Morgan fingerprint density at radius 2 is 1.89 bits per heavy atom. The molecule has 1 heterocycles. The normalized spacial score (nSPS) is 10.2. The molecular weight excluding hydrogens is 474 g/mol. The van der Waals surface area contributed by atoms with Gasteiger partial charge in [-0.25, -0.2) is 4.98 Å². The van der Waals surface area contributed by atoms with E-state index in [2.05, 4.69) is 37.8 Å². The number of phenolic OH excluding ortho intramolecular Hbond substituents is 1. The highest BCUT2D eigenvalue weighted by Gasteiger charge is 2.20. The van der Waals surface area contributed by atoms with Crippen LogP contribution in [0.25, 0.3) is 0 Å². The number of nitrogens with one attached hydrogen (secondary N) is 4. The van der Waals surface area contributed by atoms with Crippen molar-refractivity contribution in [2.75, 3.05) is 29.0 Å². The fraction of sp³-hybridized carbons (Fsp3) is 0.0870. The number of benzene rings is 2. The lowest BCUT2D eigenvalue weighted by atomic mass is 10.1. The summed E-state index contributed by atoms with van der Waals surface area (Å²) in [6.45, 7) is 3.74. The van der Waals surface area contributed by atoms with E-state index in [9.17, 15) is 19.5 Å². The number of nitrogens with zero attached hydrogens (tertiary/aromatic N) is 2. The van der Waals surface area contributed by atoms with E-state index in [0.29, 0.717) is 11.4 Å². The summed E-state index contributed by atoms with van der Waals surface area (Å²) in [5, 5.41) is 20.9. The SMILES string of the molecule is C=CC(=O)Nc1cc(Nc2ncc(Cl)c(Nc3ccccc3C(=O)C(=O)NCCN)n2)ccc1O. The molecule has 12 heteroatoms. The molecule has 2 aromatic carbocycles. The van der Waals surface area contributed by atoms with Gasteiger partial charge < -0.3 is 32.1 Å². The molecule has 0 fully saturated rings. The number of hydrogen-bond donors (Lipinski definition) is 6. The van der Waals surface area contributed by atoms with Crippen molar-refractivity contribution in [1.29, 1.82) is 0 Å². The van der Waals surface area contributed by atoms with E-state index < -0.39 is 17.6 Å². The molecule has 2 amide bonds. The van der Waals surface area contributed by atoms with Crippen molar-refractivity contribution in [3.05, 3.63) is 71.9 Å². The van der Waals surface area contributed by atoms with Gasteiger partial charge in [-0.15, -0.1) is 0 Å². The van der Waals surface area contributed by atoms with Crippen molar-refractivity contribution in [1.82, 2.24) is 15.3 Å². The fourth-order valence-corrected chi connectivity index (χ4v) is 2.99. The van der Waals surface area contributed by atoms with E-state index in [1.54, 1.807) is 24.3 Å². The van der Waals surface area contributed by atoms with E-state index in [-0.39, 0.29) is 46.9 Å². The van der Waals surface area contributed by atoms with Crippen LogP contribution in [-0.2, 0) is 9.59 Å². The highest BCUT2D eigenvalue weighted by atomic mass is 35.5. The highest BCUT2D eigenvalue weighted by molar-refractivity contribution is 6.44. The van der Waals surface area contributed by atoms with Gasteiger partial charge in [-0.1, -0.05) is 30.3 Å². The van der Waals surface area contributed by atoms with Crippen LogP contribution in [0.4, 0.5) is 28.8 Å². The van der Waals surface area contributed by atoms with Crippen molar-refractivity contribution >= 4 is 58.0 Å². The molecule has 0 bridgehead atoms. The number of aromatic nitrogens is 2. The zero-order chi connectivity index (χ0) is 25.4. The summed E-state index contributed by atoms with van der Waals surface area (Å²) in [5.41, 5.74) is 6.42. The van der Waals surface area contributed by atoms with Crippen LogP contribution in [-0.4, -0.2) is 45.8 Å². The molecule has 1 aromatic heterocycles. The number of hydrogen-bond acceptors (Lipinski definition) is 9. The molecule has 0 saturated carbocycles. The minimum Gasteiger partial charge on any atom is -0.506 e. The number of phenols is 1. The quantitative estimate of drug-likeness (QED) is 0.0812. The Labute approximate surface area is 205 Å². The average molecular weight is 496 g/mol. The number of halogens is 1. The number of carbonyl (C=O) groups is 3. The van der Waals surface area contributed by atoms with Gasteiger partial charge in [0.15, 0.2) is 5.82 Å². The third-order valence-electron chi connectivity index (χ3n) is 4.50. The minimum atomic E-state index is -0.785. The van der Waals surface area contributed by atoms with Crippen LogP contribution >= 0.6 is 11.6 Å². The van der Waals surface area contributed by atoms with Gasteiger partial charge in [-0.3, -0.25) is 14.4 Å². The number of Topliss-reactive ketones (excluding diaryl/α,β-unsaturated/α-hetero) is 1. The van der Waals surface area contributed by atoms with Crippen LogP contribution in [0.2, 0.25) is 5.02 Å². The second-order valence-electron chi connectivity index (χ2n) is 6.98. The van der Waals surface area contributed by atoms with Crippen LogP contribution < -0.4 is 27.0 Å². The third kappa shape index (κ3) is 6.53. The summed E-state index contributed by atoms with van der Waals surface area (Å²) >= 11 is 6.25. The van der Waals surface area contributed by atoms with E-state index in [1.165, 1.54) is 24.4 Å². The second kappa shape index (κ2) is 11.6. The molecule has 3 aromatic rings. The maximum Gasteiger partial charge on any atom is 0.292 e. The van der Waals surface area contributed by atoms with Crippen molar-refractivity contribution in [2.24, 2.45) is 5.73 Å². The predicted molar refractivity (Wildman–Crippen MR) is 133 cm³/mol. The molecule has 0 spiro atoms. The molecule has 0 aliphatic carbocycles. The first-order valence-electron chi connectivity index (χ1n) is 10.3. The maximum atomic E-state index is 12.6. The van der Waals surface area contributed by atoms with Gasteiger partial charge in [-0.2, -0.15) is 4.98 Å². The number of anilines is 5. The summed E-state index contributed by atoms with van der Waals surface area (Å²) in [4.78, 5) is 44.7. The lowest BCUT2D eigenvalue weighted by Crippen LogP contribution is -2.34. The lowest BCUT2D eigenvalue weighted by molar-refractivity contribution is -0.117. The van der Waals surface area contributed by atoms with Crippen molar-refractivity contribution < 1.29 is 19.5 Å². The smallest absolute Gasteiger partial charge is 0.292 e. The first-order chi connectivity index (χ1) is 16.8. The Bertz CT molecular complexity index is 1280. The Balaban J connectivity index is 1.84. The van der Waals surface area contributed by atoms with Gasteiger partial charge in [0.1, 0.15) is 10.8 Å². The number of ketones is 1. The molecule has 0 aliphatic rings. The number of para-hydroxylation sites is 1. The standard InChI is InChI=1S/C23H22ClN7O4/c1-2-19(33)29-17-11-13(7-8-18(17)32)28-23-27-12-15(24)21(31-23)30-16-6-4-3-5-14(16)20(34)22(35)26-10-9-25/h2-8,11-12,32H,1,9-10,25H2,(H,26,35)(H,29,33)(H2,27,28,30,31). The number of aromatic hydroxyl groups is 1. The molecule has 180 valence electrons. The Kier molecular flexibility index (Phi) is 8.33. The van der Waals surface area contributed by atoms with Crippen LogP contribution in [0.5, 0.6) is 5.75 Å². The second-order valence-corrected chi connectivity index (χ2v) is 7.39. The largest absolute Gasteiger partial charge is 0.506 e. The van der Waals surface area contributed by atoms with Gasteiger partial charge in [-0.05, 0) is 36.4 Å². The lowest BCUT2D eigenvalue weighted by Gasteiger charge is -2.13. The first kappa shape index (κ1) is 25.1. The summed E-state index contributed by atoms with van der Waals surface area (Å²) in [6.07, 6.45) is 2.42. The molecule has 35 heavy (non-hydrogen) atoms. The topological polar surface area (TPSA) is 171 Å². The van der Waals surface area contributed by atoms with E-state index >= 15 is 0 Å².